The second kappa shape index (κ2) is 9.76. The van der Waals surface area contributed by atoms with Gasteiger partial charge in [0.2, 0.25) is 0 Å². The van der Waals surface area contributed by atoms with Gasteiger partial charge in [0.25, 0.3) is 0 Å². The molecule has 0 saturated heterocycles. The van der Waals surface area contributed by atoms with Gasteiger partial charge in [0.05, 0.1) is 17.7 Å². The van der Waals surface area contributed by atoms with E-state index >= 15 is 0 Å². The molecule has 0 fully saturated rings. The Bertz CT molecular complexity index is 747. The molecule has 2 rings (SSSR count). The average molecular weight is 354 g/mol. The van der Waals surface area contributed by atoms with Crippen molar-refractivity contribution in [1.29, 1.82) is 0 Å². The predicted molar refractivity (Wildman–Crippen MR) is 102 cm³/mol. The molecular formula is C22H26O4. The van der Waals surface area contributed by atoms with E-state index in [0.29, 0.717) is 23.5 Å². The Hall–Kier alpha value is -2.62. The number of esters is 2. The van der Waals surface area contributed by atoms with Gasteiger partial charge in [0, 0.05) is 0 Å². The first-order chi connectivity index (χ1) is 12.5. The van der Waals surface area contributed by atoms with E-state index in [-0.39, 0.29) is 5.97 Å². The van der Waals surface area contributed by atoms with Crippen LogP contribution in [0.3, 0.4) is 0 Å². The summed E-state index contributed by atoms with van der Waals surface area (Å²) in [6.07, 6.45) is 4.23. The summed E-state index contributed by atoms with van der Waals surface area (Å²) in [5.74, 6) is -0.308. The minimum absolute atomic E-state index is 0.365. The zero-order valence-corrected chi connectivity index (χ0v) is 15.7. The third-order valence-corrected chi connectivity index (χ3v) is 4.28. The molecule has 0 spiro atoms. The molecule has 4 heteroatoms. The van der Waals surface area contributed by atoms with Crippen molar-refractivity contribution in [3.63, 3.8) is 0 Å². The lowest BCUT2D eigenvalue weighted by Gasteiger charge is -2.08. The lowest BCUT2D eigenvalue weighted by Crippen LogP contribution is -2.10. The van der Waals surface area contributed by atoms with Gasteiger partial charge in [-0.05, 0) is 67.8 Å². The Balaban J connectivity index is 1.90. The number of benzene rings is 2. The SMILES string of the molecule is CCCCCCOC(=O)c1ccc(C(=O)Oc2ccc(C)c(C)c2)cc1. The molecule has 0 radical (unpaired) electrons. The van der Waals surface area contributed by atoms with Gasteiger partial charge >= 0.3 is 11.9 Å². The Kier molecular flexibility index (Phi) is 7.39. The van der Waals surface area contributed by atoms with Gasteiger partial charge in [0.15, 0.2) is 0 Å². The van der Waals surface area contributed by atoms with Gasteiger partial charge in [-0.15, -0.1) is 0 Å². The summed E-state index contributed by atoms with van der Waals surface area (Å²) in [5.41, 5.74) is 3.03. The minimum Gasteiger partial charge on any atom is -0.462 e. The maximum absolute atomic E-state index is 12.2. The molecule has 0 aliphatic carbocycles. The number of hydrogen-bond donors (Lipinski definition) is 0. The lowest BCUT2D eigenvalue weighted by atomic mass is 10.1. The van der Waals surface area contributed by atoms with Crippen molar-refractivity contribution in [2.45, 2.75) is 46.5 Å². The molecule has 2 aromatic rings. The Morgan fingerprint density at radius 2 is 1.46 bits per heavy atom. The normalized spacial score (nSPS) is 10.4. The van der Waals surface area contributed by atoms with Gasteiger partial charge in [-0.25, -0.2) is 9.59 Å². The summed E-state index contributed by atoms with van der Waals surface area (Å²) in [6.45, 7) is 6.53. The van der Waals surface area contributed by atoms with Crippen LogP contribution in [-0.2, 0) is 4.74 Å². The summed E-state index contributed by atoms with van der Waals surface area (Å²) in [5, 5.41) is 0. The van der Waals surface area contributed by atoms with Gasteiger partial charge in [-0.3, -0.25) is 0 Å². The lowest BCUT2D eigenvalue weighted by molar-refractivity contribution is 0.0497. The summed E-state index contributed by atoms with van der Waals surface area (Å²) in [6, 6.07) is 11.9. The van der Waals surface area contributed by atoms with E-state index in [2.05, 4.69) is 6.92 Å². The topological polar surface area (TPSA) is 52.6 Å². The van der Waals surface area contributed by atoms with E-state index in [1.807, 2.05) is 26.0 Å². The third-order valence-electron chi connectivity index (χ3n) is 4.28. The van der Waals surface area contributed by atoms with Crippen molar-refractivity contribution < 1.29 is 19.1 Å². The summed E-state index contributed by atoms with van der Waals surface area (Å²) in [7, 11) is 0. The molecule has 0 N–H and O–H groups in total. The number of carbonyl (C=O) groups is 2. The van der Waals surface area contributed by atoms with Crippen molar-refractivity contribution in [1.82, 2.24) is 0 Å². The fraction of sp³-hybridized carbons (Fsp3) is 0.364. The number of unbranched alkanes of at least 4 members (excludes halogenated alkanes) is 3. The van der Waals surface area contributed by atoms with Crippen LogP contribution in [0.1, 0.15) is 64.4 Å². The van der Waals surface area contributed by atoms with Gasteiger partial charge in [-0.2, -0.15) is 0 Å². The fourth-order valence-electron chi connectivity index (χ4n) is 2.46. The number of carbonyl (C=O) groups excluding carboxylic acids is 2. The predicted octanol–water partition coefficient (Wildman–Crippen LogP) is 5.26. The summed E-state index contributed by atoms with van der Waals surface area (Å²) in [4.78, 5) is 24.2. The highest BCUT2D eigenvalue weighted by Gasteiger charge is 2.12. The fourth-order valence-corrected chi connectivity index (χ4v) is 2.46. The van der Waals surface area contributed by atoms with Crippen LogP contribution in [0.4, 0.5) is 0 Å². The largest absolute Gasteiger partial charge is 0.462 e. The molecule has 0 atom stereocenters. The van der Waals surface area contributed by atoms with Crippen LogP contribution in [0.2, 0.25) is 0 Å². The first-order valence-electron chi connectivity index (χ1n) is 9.08. The maximum atomic E-state index is 12.2. The summed E-state index contributed by atoms with van der Waals surface area (Å²) >= 11 is 0. The van der Waals surface area contributed by atoms with Crippen LogP contribution in [0, 0.1) is 13.8 Å². The van der Waals surface area contributed by atoms with Crippen molar-refractivity contribution >= 4 is 11.9 Å². The highest BCUT2D eigenvalue weighted by Crippen LogP contribution is 2.18. The molecular weight excluding hydrogens is 328 g/mol. The first kappa shape index (κ1) is 19.7. The van der Waals surface area contributed by atoms with E-state index in [1.165, 1.54) is 0 Å². The third kappa shape index (κ3) is 5.73. The molecule has 4 nitrogen and oxygen atoms in total. The Labute approximate surface area is 155 Å². The quantitative estimate of drug-likeness (QED) is 0.369. The molecule has 26 heavy (non-hydrogen) atoms. The van der Waals surface area contributed by atoms with Gasteiger partial charge in [-0.1, -0.05) is 32.3 Å². The van der Waals surface area contributed by atoms with E-state index < -0.39 is 5.97 Å². The van der Waals surface area contributed by atoms with Crippen molar-refractivity contribution in [3.05, 3.63) is 64.7 Å². The molecule has 0 heterocycles. The number of aryl methyl sites for hydroxylation is 2. The van der Waals surface area contributed by atoms with Crippen LogP contribution in [0.5, 0.6) is 5.75 Å². The van der Waals surface area contributed by atoms with Crippen LogP contribution in [0.25, 0.3) is 0 Å². The van der Waals surface area contributed by atoms with Crippen LogP contribution < -0.4 is 4.74 Å². The second-order valence-electron chi connectivity index (χ2n) is 6.41. The molecule has 0 aliphatic rings. The zero-order valence-electron chi connectivity index (χ0n) is 15.7. The number of ether oxygens (including phenoxy) is 2. The first-order valence-corrected chi connectivity index (χ1v) is 9.08. The van der Waals surface area contributed by atoms with Crippen LogP contribution in [0.15, 0.2) is 42.5 Å². The highest BCUT2D eigenvalue weighted by molar-refractivity contribution is 5.94. The Morgan fingerprint density at radius 1 is 0.808 bits per heavy atom. The monoisotopic (exact) mass is 354 g/mol. The minimum atomic E-state index is -0.451. The van der Waals surface area contributed by atoms with Crippen molar-refractivity contribution in [2.24, 2.45) is 0 Å². The van der Waals surface area contributed by atoms with E-state index in [1.54, 1.807) is 30.3 Å². The number of rotatable bonds is 8. The van der Waals surface area contributed by atoms with Crippen LogP contribution in [-0.4, -0.2) is 18.5 Å². The molecule has 0 aliphatic heterocycles. The van der Waals surface area contributed by atoms with Gasteiger partial charge < -0.3 is 9.47 Å². The molecule has 0 saturated carbocycles. The molecule has 2 aromatic carbocycles. The summed E-state index contributed by atoms with van der Waals surface area (Å²) < 4.78 is 10.6. The molecule has 138 valence electrons. The molecule has 0 amide bonds. The molecule has 0 bridgehead atoms. The molecule has 0 unspecified atom stereocenters. The van der Waals surface area contributed by atoms with Crippen LogP contribution >= 0.6 is 0 Å². The van der Waals surface area contributed by atoms with Gasteiger partial charge in [0.1, 0.15) is 5.75 Å². The second-order valence-corrected chi connectivity index (χ2v) is 6.41. The highest BCUT2D eigenvalue weighted by atomic mass is 16.5. The van der Waals surface area contributed by atoms with E-state index in [0.717, 1.165) is 36.8 Å². The van der Waals surface area contributed by atoms with Crippen molar-refractivity contribution in [2.75, 3.05) is 6.61 Å². The smallest absolute Gasteiger partial charge is 0.343 e. The van der Waals surface area contributed by atoms with E-state index in [4.69, 9.17) is 9.47 Å². The number of hydrogen-bond acceptors (Lipinski definition) is 4. The Morgan fingerprint density at radius 3 is 2.08 bits per heavy atom. The zero-order chi connectivity index (χ0) is 18.9. The average Bonchev–Trinajstić information content (AvgIpc) is 2.64. The van der Waals surface area contributed by atoms with E-state index in [9.17, 15) is 9.59 Å². The standard InChI is InChI=1S/C22H26O4/c1-4-5-6-7-14-25-21(23)18-9-11-19(12-10-18)22(24)26-20-13-8-16(2)17(3)15-20/h8-13,15H,4-7,14H2,1-3H3. The molecule has 0 aromatic heterocycles. The maximum Gasteiger partial charge on any atom is 0.343 e. The van der Waals surface area contributed by atoms with Crippen molar-refractivity contribution in [3.8, 4) is 5.75 Å².